The number of nitrogens with two attached hydrogens (primary N) is 1. The van der Waals surface area contributed by atoms with Crippen LogP contribution in [0.25, 0.3) is 0 Å². The van der Waals surface area contributed by atoms with Crippen LogP contribution in [-0.2, 0) is 20.9 Å². The highest BCUT2D eigenvalue weighted by Gasteiger charge is 2.57. The fourth-order valence-electron chi connectivity index (χ4n) is 4.61. The number of carbonyl (C=O) groups is 4. The van der Waals surface area contributed by atoms with Gasteiger partial charge in [-0.15, -0.1) is 40.0 Å². The van der Waals surface area contributed by atoms with Gasteiger partial charge in [0.2, 0.25) is 17.0 Å². The molecule has 2 fully saturated rings. The average molecular weight is 680 g/mol. The summed E-state index contributed by atoms with van der Waals surface area (Å²) in [4.78, 5) is 59.2. The van der Waals surface area contributed by atoms with Gasteiger partial charge in [0, 0.05) is 34.9 Å². The number of nitrogens with one attached hydrogen (secondary N) is 1. The van der Waals surface area contributed by atoms with E-state index in [2.05, 4.69) is 25.8 Å². The molecular formula is C25H29N9O6S4. The van der Waals surface area contributed by atoms with Crippen molar-refractivity contribution in [1.29, 1.82) is 0 Å². The van der Waals surface area contributed by atoms with Crippen molar-refractivity contribution in [2.75, 3.05) is 44.4 Å². The zero-order valence-electron chi connectivity index (χ0n) is 23.5. The van der Waals surface area contributed by atoms with E-state index in [0.29, 0.717) is 28.8 Å². The Hall–Kier alpha value is -3.39. The topological polar surface area (TPSA) is 210 Å². The Morgan fingerprint density at radius 3 is 2.73 bits per heavy atom. The molecule has 0 radical (unpaired) electrons. The first-order chi connectivity index (χ1) is 21.0. The lowest BCUT2D eigenvalue weighted by atomic mass is 9.89. The normalized spacial score (nSPS) is 21.9. The van der Waals surface area contributed by atoms with Gasteiger partial charge in [-0.3, -0.25) is 14.4 Å². The van der Waals surface area contributed by atoms with Gasteiger partial charge in [-0.05, 0) is 36.7 Å². The summed E-state index contributed by atoms with van der Waals surface area (Å²) < 4.78 is 1.62. The maximum atomic E-state index is 13.6. The second kappa shape index (κ2) is 13.3. The number of β-lactam (4-membered cyclic amide) rings is 1. The number of tetrazole rings is 1. The minimum Gasteiger partial charge on any atom is -0.481 e. The molecule has 2 aliphatic rings. The predicted octanol–water partition coefficient (Wildman–Crippen LogP) is 1.07. The van der Waals surface area contributed by atoms with Crippen molar-refractivity contribution in [2.45, 2.75) is 33.3 Å². The minimum atomic E-state index is -1.24. The SMILES string of the molecule is CN(C)CCn1nnnc1SCC1(C(=O)O)CS[C@@H]2C(NC(=O)C(Sc3ccccc3C(=O)O)c3csc(N)n3)C(=O)N2C1. The molecule has 3 aromatic rings. The summed E-state index contributed by atoms with van der Waals surface area (Å²) in [6, 6.07) is 5.43. The Morgan fingerprint density at radius 1 is 1.27 bits per heavy atom. The molecule has 0 bridgehead atoms. The largest absolute Gasteiger partial charge is 0.481 e. The van der Waals surface area contributed by atoms with Gasteiger partial charge in [-0.1, -0.05) is 23.9 Å². The Balaban J connectivity index is 1.27. The van der Waals surface area contributed by atoms with Crippen LogP contribution in [0.2, 0.25) is 0 Å². The van der Waals surface area contributed by atoms with E-state index in [0.717, 1.165) is 23.1 Å². The van der Waals surface area contributed by atoms with Gasteiger partial charge in [0.05, 0.1) is 17.8 Å². The molecule has 234 valence electrons. The molecule has 1 aromatic carbocycles. The molecule has 0 spiro atoms. The van der Waals surface area contributed by atoms with Crippen LogP contribution in [0.15, 0.2) is 39.7 Å². The van der Waals surface area contributed by atoms with Crippen LogP contribution >= 0.6 is 46.6 Å². The quantitative estimate of drug-likeness (QED) is 0.147. The van der Waals surface area contributed by atoms with E-state index >= 15 is 0 Å². The summed E-state index contributed by atoms with van der Waals surface area (Å²) in [6.45, 7) is 1.22. The van der Waals surface area contributed by atoms with Crippen LogP contribution in [0.3, 0.4) is 0 Å². The van der Waals surface area contributed by atoms with Crippen molar-refractivity contribution in [1.82, 2.24) is 40.3 Å². The van der Waals surface area contributed by atoms with Crippen LogP contribution in [0.4, 0.5) is 5.13 Å². The molecule has 0 aliphatic carbocycles. The smallest absolute Gasteiger partial charge is 0.336 e. The molecule has 5 N–H and O–H groups in total. The molecule has 15 nitrogen and oxygen atoms in total. The maximum absolute atomic E-state index is 13.6. The number of aliphatic carboxylic acids is 1. The van der Waals surface area contributed by atoms with Crippen molar-refractivity contribution in [3.63, 3.8) is 0 Å². The van der Waals surface area contributed by atoms with Gasteiger partial charge in [-0.2, -0.15) is 0 Å². The lowest BCUT2D eigenvalue weighted by Crippen LogP contribution is -2.74. The third-order valence-electron chi connectivity index (χ3n) is 7.04. The van der Waals surface area contributed by atoms with E-state index in [4.69, 9.17) is 5.73 Å². The highest BCUT2D eigenvalue weighted by Crippen LogP contribution is 2.45. The highest BCUT2D eigenvalue weighted by atomic mass is 32.2. The number of aromatic carboxylic acids is 1. The molecule has 2 amide bonds. The van der Waals surface area contributed by atoms with E-state index in [1.54, 1.807) is 28.3 Å². The van der Waals surface area contributed by atoms with E-state index in [1.165, 1.54) is 34.5 Å². The Morgan fingerprint density at radius 2 is 2.05 bits per heavy atom. The van der Waals surface area contributed by atoms with Crippen LogP contribution < -0.4 is 11.1 Å². The number of hydrogen-bond acceptors (Lipinski definition) is 14. The van der Waals surface area contributed by atoms with E-state index in [1.807, 2.05) is 19.0 Å². The zero-order valence-corrected chi connectivity index (χ0v) is 26.8. The number of amides is 2. The summed E-state index contributed by atoms with van der Waals surface area (Å²) in [5.41, 5.74) is 4.94. The Bertz CT molecular complexity index is 1570. The minimum absolute atomic E-state index is 0.0236. The molecule has 4 heterocycles. The second-order valence-corrected chi connectivity index (χ2v) is 14.5. The van der Waals surface area contributed by atoms with E-state index in [-0.39, 0.29) is 28.7 Å². The number of carboxylic acids is 2. The summed E-state index contributed by atoms with van der Waals surface area (Å²) in [5.74, 6) is -2.74. The van der Waals surface area contributed by atoms with Gasteiger partial charge < -0.3 is 31.1 Å². The average Bonchev–Trinajstić information content (AvgIpc) is 3.64. The third kappa shape index (κ3) is 6.65. The number of hydrogen-bond donors (Lipinski definition) is 4. The Kier molecular flexibility index (Phi) is 9.68. The highest BCUT2D eigenvalue weighted by molar-refractivity contribution is 8.01. The first-order valence-electron chi connectivity index (χ1n) is 13.2. The number of nitrogens with zero attached hydrogens (tertiary/aromatic N) is 7. The van der Waals surface area contributed by atoms with Crippen LogP contribution in [-0.4, -0.2) is 119 Å². The molecule has 3 unspecified atom stereocenters. The Labute approximate surface area is 268 Å². The van der Waals surface area contributed by atoms with Crippen LogP contribution in [0.5, 0.6) is 0 Å². The number of benzene rings is 1. The molecule has 2 aliphatic heterocycles. The zero-order chi connectivity index (χ0) is 31.6. The first-order valence-corrected chi connectivity index (χ1v) is 17.0. The predicted molar refractivity (Wildman–Crippen MR) is 166 cm³/mol. The first kappa shape index (κ1) is 32.0. The molecule has 19 heteroatoms. The van der Waals surface area contributed by atoms with Gasteiger partial charge in [-0.25, -0.2) is 14.5 Å². The molecular weight excluding hydrogens is 651 g/mol. The van der Waals surface area contributed by atoms with Crippen molar-refractivity contribution in [2.24, 2.45) is 5.41 Å². The summed E-state index contributed by atoms with van der Waals surface area (Å²) in [6.07, 6.45) is 0. The van der Waals surface area contributed by atoms with Crippen LogP contribution in [0.1, 0.15) is 21.3 Å². The van der Waals surface area contributed by atoms with Crippen LogP contribution in [0, 0.1) is 5.41 Å². The van der Waals surface area contributed by atoms with Crippen molar-refractivity contribution < 1.29 is 29.4 Å². The number of thiazole rings is 1. The monoisotopic (exact) mass is 679 g/mol. The fraction of sp³-hybridized carbons (Fsp3) is 0.440. The van der Waals surface area contributed by atoms with Crippen molar-refractivity contribution in [3.8, 4) is 0 Å². The number of aromatic nitrogens is 5. The number of nitrogen functional groups attached to an aromatic ring is 1. The summed E-state index contributed by atoms with van der Waals surface area (Å²) in [5, 5.41) is 35.3. The lowest BCUT2D eigenvalue weighted by molar-refractivity contribution is -0.157. The molecule has 44 heavy (non-hydrogen) atoms. The van der Waals surface area contributed by atoms with Gasteiger partial charge in [0.1, 0.15) is 22.1 Å². The molecule has 2 saturated heterocycles. The number of fused-ring (bicyclic) bond motifs is 1. The van der Waals surface area contributed by atoms with Gasteiger partial charge in [0.25, 0.3) is 0 Å². The summed E-state index contributed by atoms with van der Waals surface area (Å²) >= 11 is 4.67. The van der Waals surface area contributed by atoms with Gasteiger partial charge >= 0.3 is 11.9 Å². The van der Waals surface area contributed by atoms with Crippen molar-refractivity contribution in [3.05, 3.63) is 40.9 Å². The number of rotatable bonds is 13. The molecule has 0 saturated carbocycles. The van der Waals surface area contributed by atoms with E-state index in [9.17, 15) is 29.4 Å². The molecule has 2 aromatic heterocycles. The fourth-order valence-corrected chi connectivity index (χ4v) is 9.16. The standard InChI is InChI=1S/C25H29N9O6S4/c1-32(2)7-8-34-24(29-30-31-34)43-12-25(22(39)40)10-33-19(36)16(20(33)42-11-25)28-18(35)17(14-9-41-23(26)27-14)44-15-6-4-3-5-13(15)21(37)38/h3-6,9,16-17,20H,7-8,10-12H2,1-2H3,(H2,26,27)(H,28,35)(H,37,38)(H,39,40)/t16?,17?,20-,25?/m1/s1. The lowest BCUT2D eigenvalue weighted by Gasteiger charge is -2.53. The number of carbonyl (C=O) groups excluding carboxylic acids is 2. The number of carboxylic acid groups (broad SMARTS) is 2. The van der Waals surface area contributed by atoms with E-state index < -0.39 is 45.8 Å². The number of anilines is 1. The summed E-state index contributed by atoms with van der Waals surface area (Å²) in [7, 11) is 3.86. The van der Waals surface area contributed by atoms with Crippen molar-refractivity contribution >= 4 is 75.5 Å². The molecule has 5 rings (SSSR count). The molecule has 4 atom stereocenters. The maximum Gasteiger partial charge on any atom is 0.336 e. The number of likely N-dealkylation sites (N-methyl/N-ethyl adjacent to an activating group) is 1. The van der Waals surface area contributed by atoms with Gasteiger partial charge in [0.15, 0.2) is 5.13 Å². The third-order valence-corrected chi connectivity index (χ3v) is 11.9. The number of thioether (sulfide) groups is 3. The second-order valence-electron chi connectivity index (χ2n) is 10.4.